The predicted octanol–water partition coefficient (Wildman–Crippen LogP) is 2.69. The maximum Gasteiger partial charge on any atom is 0.258 e. The monoisotopic (exact) mass is 325 g/mol. The van der Waals surface area contributed by atoms with Crippen molar-refractivity contribution >= 4 is 11.8 Å². The summed E-state index contributed by atoms with van der Waals surface area (Å²) >= 11 is 0. The highest BCUT2D eigenvalue weighted by atomic mass is 16.5. The Morgan fingerprint density at radius 2 is 1.75 bits per heavy atom. The summed E-state index contributed by atoms with van der Waals surface area (Å²) in [6.07, 6.45) is 1.31. The van der Waals surface area contributed by atoms with Crippen molar-refractivity contribution in [2.45, 2.75) is 18.8 Å². The molecule has 3 rings (SSSR count). The van der Waals surface area contributed by atoms with Gasteiger partial charge in [0, 0.05) is 5.56 Å². The van der Waals surface area contributed by atoms with Crippen molar-refractivity contribution in [1.82, 2.24) is 5.32 Å². The number of benzene rings is 2. The van der Waals surface area contributed by atoms with E-state index in [-0.39, 0.29) is 17.7 Å². The molecule has 1 atom stereocenters. The summed E-state index contributed by atoms with van der Waals surface area (Å²) in [5.74, 6) is 0.454. The van der Waals surface area contributed by atoms with Crippen LogP contribution in [0.3, 0.4) is 0 Å². The van der Waals surface area contributed by atoms with Crippen LogP contribution in [-0.4, -0.2) is 26.0 Å². The summed E-state index contributed by atoms with van der Waals surface area (Å²) in [5, 5.41) is 2.44. The van der Waals surface area contributed by atoms with Gasteiger partial charge in [-0.15, -0.1) is 0 Å². The Labute approximate surface area is 140 Å². The van der Waals surface area contributed by atoms with E-state index in [0.29, 0.717) is 29.9 Å². The third-order valence-corrected chi connectivity index (χ3v) is 4.30. The normalized spacial score (nSPS) is 16.3. The molecule has 124 valence electrons. The fraction of sp³-hybridized carbons (Fsp3) is 0.263. The van der Waals surface area contributed by atoms with E-state index >= 15 is 0 Å². The van der Waals surface area contributed by atoms with Crippen LogP contribution in [0.1, 0.15) is 33.8 Å². The number of fused-ring (bicyclic) bond motifs is 1. The van der Waals surface area contributed by atoms with Gasteiger partial charge in [0.1, 0.15) is 0 Å². The fourth-order valence-corrected chi connectivity index (χ4v) is 3.05. The summed E-state index contributed by atoms with van der Waals surface area (Å²) in [6, 6.07) is 13.0. The number of carbonyl (C=O) groups excluding carboxylic acids is 2. The SMILES string of the molecule is COc1ccc(CCC2C(=O)NC(=O)c3ccccc32)cc1OC. The van der Waals surface area contributed by atoms with Gasteiger partial charge in [0.25, 0.3) is 5.91 Å². The molecule has 2 aromatic carbocycles. The maximum atomic E-state index is 12.2. The van der Waals surface area contributed by atoms with Crippen LogP contribution in [0.4, 0.5) is 0 Å². The molecule has 5 heteroatoms. The minimum atomic E-state index is -0.327. The van der Waals surface area contributed by atoms with E-state index in [2.05, 4.69) is 5.32 Å². The minimum Gasteiger partial charge on any atom is -0.493 e. The van der Waals surface area contributed by atoms with Crippen molar-refractivity contribution < 1.29 is 19.1 Å². The van der Waals surface area contributed by atoms with E-state index < -0.39 is 0 Å². The molecule has 5 nitrogen and oxygen atoms in total. The molecule has 0 aliphatic carbocycles. The number of hydrogen-bond donors (Lipinski definition) is 1. The highest BCUT2D eigenvalue weighted by Gasteiger charge is 2.31. The molecule has 1 N–H and O–H groups in total. The molecule has 24 heavy (non-hydrogen) atoms. The quantitative estimate of drug-likeness (QED) is 0.859. The summed E-state index contributed by atoms with van der Waals surface area (Å²) in [6.45, 7) is 0. The highest BCUT2D eigenvalue weighted by Crippen LogP contribution is 2.31. The zero-order chi connectivity index (χ0) is 17.1. The molecule has 1 unspecified atom stereocenters. The number of imide groups is 1. The molecule has 1 aliphatic heterocycles. The lowest BCUT2D eigenvalue weighted by atomic mass is 9.85. The van der Waals surface area contributed by atoms with Crippen molar-refractivity contribution in [1.29, 1.82) is 0 Å². The van der Waals surface area contributed by atoms with Crippen LogP contribution in [0.15, 0.2) is 42.5 Å². The van der Waals surface area contributed by atoms with Crippen LogP contribution in [0.2, 0.25) is 0 Å². The Balaban J connectivity index is 1.80. The second kappa shape index (κ2) is 6.74. The number of hydrogen-bond acceptors (Lipinski definition) is 4. The first kappa shape index (κ1) is 16.1. The third-order valence-electron chi connectivity index (χ3n) is 4.30. The van der Waals surface area contributed by atoms with Gasteiger partial charge in [0.15, 0.2) is 11.5 Å². The largest absolute Gasteiger partial charge is 0.493 e. The molecule has 2 aromatic rings. The van der Waals surface area contributed by atoms with Crippen LogP contribution >= 0.6 is 0 Å². The summed E-state index contributed by atoms with van der Waals surface area (Å²) < 4.78 is 10.5. The molecule has 0 saturated carbocycles. The zero-order valence-corrected chi connectivity index (χ0v) is 13.7. The van der Waals surface area contributed by atoms with Crippen LogP contribution in [0, 0.1) is 0 Å². The smallest absolute Gasteiger partial charge is 0.258 e. The van der Waals surface area contributed by atoms with Crippen LogP contribution in [0.25, 0.3) is 0 Å². The first-order valence-electron chi connectivity index (χ1n) is 7.79. The van der Waals surface area contributed by atoms with Gasteiger partial charge in [-0.1, -0.05) is 24.3 Å². The van der Waals surface area contributed by atoms with E-state index in [1.54, 1.807) is 26.4 Å². The molecule has 0 fully saturated rings. The first-order chi connectivity index (χ1) is 11.6. The Morgan fingerprint density at radius 1 is 1.00 bits per heavy atom. The molecule has 2 amide bonds. The van der Waals surface area contributed by atoms with Gasteiger partial charge >= 0.3 is 0 Å². The molecule has 0 radical (unpaired) electrons. The molecular formula is C19H19NO4. The maximum absolute atomic E-state index is 12.2. The number of amides is 2. The van der Waals surface area contributed by atoms with E-state index in [1.165, 1.54) is 0 Å². The summed E-state index contributed by atoms with van der Waals surface area (Å²) in [5.41, 5.74) is 2.43. The first-order valence-corrected chi connectivity index (χ1v) is 7.79. The molecular weight excluding hydrogens is 306 g/mol. The highest BCUT2D eigenvalue weighted by molar-refractivity contribution is 6.11. The summed E-state index contributed by atoms with van der Waals surface area (Å²) in [7, 11) is 3.19. The van der Waals surface area contributed by atoms with Gasteiger partial charge in [0.2, 0.25) is 5.91 Å². The van der Waals surface area contributed by atoms with Crippen LogP contribution in [-0.2, 0) is 11.2 Å². The fourth-order valence-electron chi connectivity index (χ4n) is 3.05. The van der Waals surface area contributed by atoms with Gasteiger partial charge < -0.3 is 9.47 Å². The Hall–Kier alpha value is -2.82. The van der Waals surface area contributed by atoms with Crippen LogP contribution in [0.5, 0.6) is 11.5 Å². The van der Waals surface area contributed by atoms with E-state index in [9.17, 15) is 9.59 Å². The standard InChI is InChI=1S/C19H19NO4/c1-23-16-10-8-12(11-17(16)24-2)7-9-15-13-5-3-4-6-14(13)18(21)20-19(15)22/h3-6,8,10-11,15H,7,9H2,1-2H3,(H,20,21,22). The topological polar surface area (TPSA) is 64.6 Å². The molecule has 1 heterocycles. The average molecular weight is 325 g/mol. The lowest BCUT2D eigenvalue weighted by Crippen LogP contribution is -2.40. The van der Waals surface area contributed by atoms with E-state index in [1.807, 2.05) is 30.3 Å². The second-order valence-corrected chi connectivity index (χ2v) is 5.69. The van der Waals surface area contributed by atoms with Crippen molar-refractivity contribution in [2.75, 3.05) is 14.2 Å². The molecule has 1 aliphatic rings. The van der Waals surface area contributed by atoms with Gasteiger partial charge in [-0.05, 0) is 42.2 Å². The van der Waals surface area contributed by atoms with Gasteiger partial charge in [0.05, 0.1) is 20.1 Å². The summed E-state index contributed by atoms with van der Waals surface area (Å²) in [4.78, 5) is 24.1. The molecule has 0 spiro atoms. The number of carbonyl (C=O) groups is 2. The Bertz CT molecular complexity index is 785. The van der Waals surface area contributed by atoms with Crippen molar-refractivity contribution in [3.05, 3.63) is 59.2 Å². The minimum absolute atomic E-state index is 0.237. The number of rotatable bonds is 5. The van der Waals surface area contributed by atoms with Crippen molar-refractivity contribution in [3.63, 3.8) is 0 Å². The molecule has 0 bridgehead atoms. The number of ether oxygens (including phenoxy) is 2. The Kier molecular flexibility index (Phi) is 4.51. The predicted molar refractivity (Wildman–Crippen MR) is 89.5 cm³/mol. The van der Waals surface area contributed by atoms with E-state index in [0.717, 1.165) is 11.1 Å². The van der Waals surface area contributed by atoms with Gasteiger partial charge in [-0.2, -0.15) is 0 Å². The van der Waals surface area contributed by atoms with E-state index in [4.69, 9.17) is 9.47 Å². The lowest BCUT2D eigenvalue weighted by molar-refractivity contribution is -0.122. The number of aryl methyl sites for hydroxylation is 1. The molecule has 0 aromatic heterocycles. The number of nitrogens with one attached hydrogen (secondary N) is 1. The van der Waals surface area contributed by atoms with Crippen LogP contribution < -0.4 is 14.8 Å². The van der Waals surface area contributed by atoms with Gasteiger partial charge in [-0.25, -0.2) is 0 Å². The number of methoxy groups -OCH3 is 2. The lowest BCUT2D eigenvalue weighted by Gasteiger charge is -2.24. The van der Waals surface area contributed by atoms with Crippen molar-refractivity contribution in [3.8, 4) is 11.5 Å². The Morgan fingerprint density at radius 3 is 2.50 bits per heavy atom. The second-order valence-electron chi connectivity index (χ2n) is 5.69. The van der Waals surface area contributed by atoms with Gasteiger partial charge in [-0.3, -0.25) is 14.9 Å². The zero-order valence-electron chi connectivity index (χ0n) is 13.7. The van der Waals surface area contributed by atoms with Crippen molar-refractivity contribution in [2.24, 2.45) is 0 Å². The molecule has 0 saturated heterocycles. The third kappa shape index (κ3) is 2.97. The average Bonchev–Trinajstić information content (AvgIpc) is 2.61.